The van der Waals surface area contributed by atoms with Crippen LogP contribution in [-0.4, -0.2) is 23.3 Å². The molecule has 3 nitrogen and oxygen atoms in total. The first-order chi connectivity index (χ1) is 16.0. The number of allylic oxidation sites excluding steroid dienone is 6. The van der Waals surface area contributed by atoms with E-state index in [-0.39, 0.29) is 22.7 Å². The summed E-state index contributed by atoms with van der Waals surface area (Å²) in [4.78, 5) is 13.2. The molecule has 1 aromatic carbocycles. The van der Waals surface area contributed by atoms with Crippen LogP contribution >= 0.6 is 11.6 Å². The first kappa shape index (κ1) is 22.8. The van der Waals surface area contributed by atoms with Crippen molar-refractivity contribution in [3.8, 4) is 0 Å². The summed E-state index contributed by atoms with van der Waals surface area (Å²) in [5.41, 5.74) is 2.64. The van der Waals surface area contributed by atoms with Crippen LogP contribution in [-0.2, 0) is 14.3 Å². The molecule has 6 rings (SSSR count). The average molecular weight is 479 g/mol. The molecule has 1 aliphatic heterocycles. The fourth-order valence-corrected chi connectivity index (χ4v) is 8.94. The van der Waals surface area contributed by atoms with E-state index < -0.39 is 11.4 Å². The molecule has 0 bridgehead atoms. The molecule has 2 saturated carbocycles. The van der Waals surface area contributed by atoms with Crippen LogP contribution in [0.2, 0.25) is 0 Å². The number of ketones is 1. The summed E-state index contributed by atoms with van der Waals surface area (Å²) in [7, 11) is 0. The molecule has 7 atom stereocenters. The van der Waals surface area contributed by atoms with E-state index in [0.717, 1.165) is 30.7 Å². The van der Waals surface area contributed by atoms with Gasteiger partial charge in [0.2, 0.25) is 0 Å². The van der Waals surface area contributed by atoms with Crippen molar-refractivity contribution in [3.05, 3.63) is 64.7 Å². The van der Waals surface area contributed by atoms with Crippen LogP contribution in [0.15, 0.2) is 59.2 Å². The van der Waals surface area contributed by atoms with Crippen LogP contribution in [0.1, 0.15) is 65.9 Å². The summed E-state index contributed by atoms with van der Waals surface area (Å²) in [5.74, 6) is 0.492. The van der Waals surface area contributed by atoms with Crippen molar-refractivity contribution in [1.29, 1.82) is 0 Å². The van der Waals surface area contributed by atoms with Gasteiger partial charge in [0.15, 0.2) is 17.2 Å². The van der Waals surface area contributed by atoms with E-state index in [1.54, 1.807) is 6.92 Å². The Morgan fingerprint density at radius 3 is 2.53 bits per heavy atom. The molecule has 1 aromatic rings. The van der Waals surface area contributed by atoms with Crippen molar-refractivity contribution in [2.75, 3.05) is 0 Å². The smallest absolute Gasteiger partial charge is 0.164 e. The van der Waals surface area contributed by atoms with Gasteiger partial charge in [0.25, 0.3) is 0 Å². The molecular weight excluding hydrogens is 444 g/mol. The van der Waals surface area contributed by atoms with Gasteiger partial charge in [0.1, 0.15) is 0 Å². The highest BCUT2D eigenvalue weighted by atomic mass is 35.5. The van der Waals surface area contributed by atoms with Gasteiger partial charge in [0.05, 0.1) is 6.10 Å². The van der Waals surface area contributed by atoms with Gasteiger partial charge in [-0.25, -0.2) is 0 Å². The predicted molar refractivity (Wildman–Crippen MR) is 135 cm³/mol. The van der Waals surface area contributed by atoms with Crippen LogP contribution < -0.4 is 0 Å². The second-order valence-corrected chi connectivity index (χ2v) is 12.5. The number of hydrogen-bond acceptors (Lipinski definition) is 3. The molecule has 0 N–H and O–H groups in total. The first-order valence-electron chi connectivity index (χ1n) is 12.8. The Morgan fingerprint density at radius 2 is 1.82 bits per heavy atom. The fourth-order valence-electron chi connectivity index (χ4n) is 8.52. The van der Waals surface area contributed by atoms with Gasteiger partial charge in [-0.2, -0.15) is 0 Å². The zero-order valence-corrected chi connectivity index (χ0v) is 21.6. The number of Topliss-reactive ketones (excluding diaryl/α,β-unsaturated/α-hetero) is 1. The maximum Gasteiger partial charge on any atom is 0.164 e. The molecule has 4 heteroatoms. The van der Waals surface area contributed by atoms with Gasteiger partial charge in [0, 0.05) is 15.9 Å². The van der Waals surface area contributed by atoms with Crippen LogP contribution in [0.4, 0.5) is 0 Å². The largest absolute Gasteiger partial charge is 0.344 e. The van der Waals surface area contributed by atoms with Gasteiger partial charge >= 0.3 is 0 Å². The highest BCUT2D eigenvalue weighted by Crippen LogP contribution is 2.70. The normalized spacial score (nSPS) is 44.1. The number of halogens is 1. The lowest BCUT2D eigenvalue weighted by Gasteiger charge is -2.57. The summed E-state index contributed by atoms with van der Waals surface area (Å²) < 4.78 is 12.9. The van der Waals surface area contributed by atoms with E-state index in [1.807, 2.05) is 13.8 Å². The minimum atomic E-state index is -0.865. The third-order valence-corrected chi connectivity index (χ3v) is 10.4. The number of hydrogen-bond donors (Lipinski definition) is 0. The van der Waals surface area contributed by atoms with Crippen molar-refractivity contribution >= 4 is 23.0 Å². The molecule has 34 heavy (non-hydrogen) atoms. The Kier molecular flexibility index (Phi) is 4.81. The average Bonchev–Trinajstić information content (AvgIpc) is 3.20. The Bertz CT molecular complexity index is 1150. The Labute approximate surface area is 208 Å². The molecule has 0 spiro atoms. The molecule has 0 unspecified atom stereocenters. The number of benzene rings is 1. The molecule has 1 saturated heterocycles. The summed E-state index contributed by atoms with van der Waals surface area (Å²) in [6.07, 6.45) is 10.7. The standard InChI is InChI=1S/C30H35ClO3/c1-18(32)30-26(33-27(2,3)34-30)17-23-21-16-25(31)24-15-20(19-9-7-6-8-10-19)11-13-28(24,4)22(21)12-14-29(23,30)5/h6-11,15-16,21-23,26H,12-14,17H2,1-5H3/t21-,22+,23+,26+,28-,29+,30-/m1/s1. The third kappa shape index (κ3) is 2.81. The minimum Gasteiger partial charge on any atom is -0.344 e. The number of fused-ring (bicyclic) bond motifs is 7. The molecule has 4 aliphatic carbocycles. The van der Waals surface area contributed by atoms with Gasteiger partial charge in [-0.15, -0.1) is 0 Å². The lowest BCUT2D eigenvalue weighted by molar-refractivity contribution is -0.210. The van der Waals surface area contributed by atoms with E-state index >= 15 is 0 Å². The van der Waals surface area contributed by atoms with E-state index in [9.17, 15) is 4.79 Å². The monoisotopic (exact) mass is 478 g/mol. The zero-order valence-electron chi connectivity index (χ0n) is 20.9. The van der Waals surface area contributed by atoms with E-state index in [2.05, 4.69) is 62.4 Å². The van der Waals surface area contributed by atoms with Crippen molar-refractivity contribution in [3.63, 3.8) is 0 Å². The van der Waals surface area contributed by atoms with Crippen molar-refractivity contribution in [2.24, 2.45) is 28.6 Å². The highest BCUT2D eigenvalue weighted by molar-refractivity contribution is 6.32. The summed E-state index contributed by atoms with van der Waals surface area (Å²) in [6, 6.07) is 10.6. The molecule has 0 amide bonds. The van der Waals surface area contributed by atoms with E-state index in [4.69, 9.17) is 21.1 Å². The SMILES string of the molecule is CC(=O)[C@@]12OC(C)(C)O[C@H]1C[C@H]1[C@@H]3C=C(Cl)C4=CC(c5ccccc5)=CC[C@]4(C)[C@H]3CC[C@@]12C. The quantitative estimate of drug-likeness (QED) is 0.455. The Balaban J connectivity index is 1.41. The maximum atomic E-state index is 13.2. The minimum absolute atomic E-state index is 0.00180. The summed E-state index contributed by atoms with van der Waals surface area (Å²) >= 11 is 7.09. The highest BCUT2D eigenvalue weighted by Gasteiger charge is 2.74. The maximum absolute atomic E-state index is 13.2. The van der Waals surface area contributed by atoms with Gasteiger partial charge in [-0.1, -0.05) is 67.9 Å². The number of ether oxygens (including phenoxy) is 2. The van der Waals surface area contributed by atoms with Crippen molar-refractivity contribution in [1.82, 2.24) is 0 Å². The number of carbonyl (C=O) groups is 1. The zero-order chi connectivity index (χ0) is 24.1. The second-order valence-electron chi connectivity index (χ2n) is 12.1. The Hall–Kier alpha value is -1.68. The van der Waals surface area contributed by atoms with Gasteiger partial charge < -0.3 is 9.47 Å². The third-order valence-electron chi connectivity index (χ3n) is 10.0. The topological polar surface area (TPSA) is 35.5 Å². The van der Waals surface area contributed by atoms with Crippen molar-refractivity contribution < 1.29 is 14.3 Å². The first-order valence-corrected chi connectivity index (χ1v) is 13.1. The van der Waals surface area contributed by atoms with Gasteiger partial charge in [-0.05, 0) is 87.0 Å². The molecule has 0 aromatic heterocycles. The predicted octanol–water partition coefficient (Wildman–Crippen LogP) is 7.07. The molecule has 1 heterocycles. The van der Waals surface area contributed by atoms with Crippen LogP contribution in [0.25, 0.3) is 5.57 Å². The van der Waals surface area contributed by atoms with Crippen LogP contribution in [0.5, 0.6) is 0 Å². The van der Waals surface area contributed by atoms with Crippen LogP contribution in [0.3, 0.4) is 0 Å². The summed E-state index contributed by atoms with van der Waals surface area (Å²) in [5, 5.41) is 0.880. The molecular formula is C30H35ClO3. The molecule has 3 fully saturated rings. The van der Waals surface area contributed by atoms with E-state index in [0.29, 0.717) is 17.8 Å². The van der Waals surface area contributed by atoms with Gasteiger partial charge in [-0.3, -0.25) is 4.79 Å². The summed E-state index contributed by atoms with van der Waals surface area (Å²) in [6.45, 7) is 10.3. The Morgan fingerprint density at radius 1 is 1.09 bits per heavy atom. The lowest BCUT2D eigenvalue weighted by atomic mass is 9.48. The van der Waals surface area contributed by atoms with Crippen molar-refractivity contribution in [2.45, 2.75) is 77.8 Å². The van der Waals surface area contributed by atoms with E-state index in [1.165, 1.54) is 16.7 Å². The number of carbonyl (C=O) groups excluding carboxylic acids is 1. The number of rotatable bonds is 2. The lowest BCUT2D eigenvalue weighted by Crippen LogP contribution is -2.59. The molecule has 0 radical (unpaired) electrons. The second kappa shape index (κ2) is 7.18. The van der Waals surface area contributed by atoms with Crippen LogP contribution in [0, 0.1) is 28.6 Å². The molecule has 5 aliphatic rings. The fraction of sp³-hybridized carbons (Fsp3) is 0.567. The molecule has 180 valence electrons.